The van der Waals surface area contributed by atoms with Crippen LogP contribution in [0.15, 0.2) is 54.6 Å². The fourth-order valence-electron chi connectivity index (χ4n) is 1.82. The topological polar surface area (TPSA) is 64.6 Å². The van der Waals surface area contributed by atoms with E-state index in [-0.39, 0.29) is 19.0 Å². The number of hydrogen-bond acceptors (Lipinski definition) is 4. The molecule has 0 atom stereocenters. The number of ether oxygens (including phenoxy) is 2. The minimum absolute atomic E-state index is 0.204. The number of benzene rings is 2. The van der Waals surface area contributed by atoms with Crippen molar-refractivity contribution in [2.45, 2.75) is 13.0 Å². The number of carbonyl (C=O) groups excluding carboxylic acids is 2. The van der Waals surface area contributed by atoms with Crippen molar-refractivity contribution >= 4 is 17.7 Å². The molecule has 0 aliphatic heterocycles. The van der Waals surface area contributed by atoms with Crippen molar-refractivity contribution in [3.05, 3.63) is 65.7 Å². The van der Waals surface area contributed by atoms with E-state index in [4.69, 9.17) is 4.74 Å². The van der Waals surface area contributed by atoms with Crippen molar-refractivity contribution in [2.75, 3.05) is 12.4 Å². The summed E-state index contributed by atoms with van der Waals surface area (Å²) in [5.41, 5.74) is 2.34. The number of methoxy groups -OCH3 is 1. The molecule has 0 fully saturated rings. The van der Waals surface area contributed by atoms with E-state index in [0.717, 1.165) is 11.1 Å². The van der Waals surface area contributed by atoms with E-state index in [9.17, 15) is 9.59 Å². The maximum Gasteiger partial charge on any atom is 0.411 e. The highest BCUT2D eigenvalue weighted by Crippen LogP contribution is 2.11. The third-order valence-corrected chi connectivity index (χ3v) is 2.99. The number of anilines is 1. The van der Waals surface area contributed by atoms with Crippen molar-refractivity contribution in [1.82, 2.24) is 0 Å². The zero-order chi connectivity index (χ0) is 15.8. The predicted molar refractivity (Wildman–Crippen MR) is 82.4 cm³/mol. The van der Waals surface area contributed by atoms with E-state index < -0.39 is 6.09 Å². The Balaban J connectivity index is 1.82. The molecule has 0 aliphatic carbocycles. The minimum Gasteiger partial charge on any atom is -0.469 e. The summed E-state index contributed by atoms with van der Waals surface area (Å²) in [6.07, 6.45) is -0.320. The summed E-state index contributed by atoms with van der Waals surface area (Å²) in [6.45, 7) is 0.215. The number of nitrogens with one attached hydrogen (secondary N) is 1. The van der Waals surface area contributed by atoms with Crippen LogP contribution < -0.4 is 5.32 Å². The van der Waals surface area contributed by atoms with Crippen LogP contribution in [0, 0.1) is 0 Å². The normalized spacial score (nSPS) is 9.86. The van der Waals surface area contributed by atoms with E-state index in [1.165, 1.54) is 7.11 Å². The SMILES string of the molecule is COC(=O)Cc1ccc(NC(=O)OCc2ccccc2)cc1. The fraction of sp³-hybridized carbons (Fsp3) is 0.176. The first kappa shape index (κ1) is 15.6. The van der Waals surface area contributed by atoms with E-state index >= 15 is 0 Å². The Hall–Kier alpha value is -2.82. The maximum atomic E-state index is 11.7. The molecular formula is C17H17NO4. The lowest BCUT2D eigenvalue weighted by Gasteiger charge is -2.07. The fourth-order valence-corrected chi connectivity index (χ4v) is 1.82. The van der Waals surface area contributed by atoms with Gasteiger partial charge in [0.2, 0.25) is 0 Å². The molecule has 0 bridgehead atoms. The molecule has 0 aromatic heterocycles. The molecule has 1 N–H and O–H groups in total. The molecule has 5 heteroatoms. The Morgan fingerprint density at radius 1 is 0.955 bits per heavy atom. The lowest BCUT2D eigenvalue weighted by atomic mass is 10.1. The average molecular weight is 299 g/mol. The number of esters is 1. The van der Waals surface area contributed by atoms with Crippen molar-refractivity contribution in [1.29, 1.82) is 0 Å². The zero-order valence-corrected chi connectivity index (χ0v) is 12.2. The van der Waals surface area contributed by atoms with Gasteiger partial charge >= 0.3 is 12.1 Å². The summed E-state index contributed by atoms with van der Waals surface area (Å²) < 4.78 is 9.71. The van der Waals surface area contributed by atoms with Gasteiger partial charge in [0.1, 0.15) is 6.61 Å². The molecule has 0 saturated carbocycles. The van der Waals surface area contributed by atoms with E-state index in [1.54, 1.807) is 24.3 Å². The van der Waals surface area contributed by atoms with Crippen molar-refractivity contribution < 1.29 is 19.1 Å². The quantitative estimate of drug-likeness (QED) is 0.861. The van der Waals surface area contributed by atoms with Crippen LogP contribution in [-0.2, 0) is 27.3 Å². The Morgan fingerprint density at radius 3 is 2.27 bits per heavy atom. The zero-order valence-electron chi connectivity index (χ0n) is 12.2. The maximum absolute atomic E-state index is 11.7. The van der Waals surface area contributed by atoms with E-state index in [0.29, 0.717) is 5.69 Å². The molecule has 0 saturated heterocycles. The van der Waals surface area contributed by atoms with Crippen molar-refractivity contribution in [3.63, 3.8) is 0 Å². The van der Waals surface area contributed by atoms with Crippen LogP contribution in [0.2, 0.25) is 0 Å². The van der Waals surface area contributed by atoms with Gasteiger partial charge in [0.05, 0.1) is 13.5 Å². The van der Waals surface area contributed by atoms with Crippen LogP contribution in [0.5, 0.6) is 0 Å². The molecule has 0 spiro atoms. The Morgan fingerprint density at radius 2 is 1.64 bits per heavy atom. The van der Waals surface area contributed by atoms with Crippen molar-refractivity contribution in [2.24, 2.45) is 0 Å². The highest BCUT2D eigenvalue weighted by atomic mass is 16.5. The van der Waals surface area contributed by atoms with E-state index in [1.807, 2.05) is 30.3 Å². The summed E-state index contributed by atoms with van der Waals surface area (Å²) in [5, 5.41) is 2.63. The van der Waals surface area contributed by atoms with Crippen LogP contribution in [0.4, 0.5) is 10.5 Å². The second-order valence-electron chi connectivity index (χ2n) is 4.64. The summed E-state index contributed by atoms with van der Waals surface area (Å²) in [7, 11) is 1.35. The summed E-state index contributed by atoms with van der Waals surface area (Å²) >= 11 is 0. The van der Waals surface area contributed by atoms with Crippen LogP contribution in [0.3, 0.4) is 0 Å². The molecule has 2 rings (SSSR count). The largest absolute Gasteiger partial charge is 0.469 e. The van der Waals surface area contributed by atoms with Crippen LogP contribution in [-0.4, -0.2) is 19.2 Å². The van der Waals surface area contributed by atoms with Gasteiger partial charge in [-0.25, -0.2) is 4.79 Å². The Bertz CT molecular complexity index is 623. The van der Waals surface area contributed by atoms with Gasteiger partial charge < -0.3 is 9.47 Å². The minimum atomic E-state index is -0.524. The second-order valence-corrected chi connectivity index (χ2v) is 4.64. The number of rotatable bonds is 5. The molecule has 0 aliphatic rings. The Kier molecular flexibility index (Phi) is 5.54. The summed E-state index contributed by atoms with van der Waals surface area (Å²) in [6, 6.07) is 16.4. The van der Waals surface area contributed by atoms with Crippen molar-refractivity contribution in [3.8, 4) is 0 Å². The standard InChI is InChI=1S/C17H17NO4/c1-21-16(19)11-13-7-9-15(10-8-13)18-17(20)22-12-14-5-3-2-4-6-14/h2-10H,11-12H2,1H3,(H,18,20). The van der Waals surface area contributed by atoms with Crippen LogP contribution >= 0.6 is 0 Å². The van der Waals surface area contributed by atoms with Gasteiger partial charge in [-0.05, 0) is 23.3 Å². The Labute approximate surface area is 128 Å². The third-order valence-electron chi connectivity index (χ3n) is 2.99. The van der Waals surface area contributed by atoms with E-state index in [2.05, 4.69) is 10.1 Å². The van der Waals surface area contributed by atoms with Gasteiger partial charge in [0, 0.05) is 5.69 Å². The molecule has 5 nitrogen and oxygen atoms in total. The number of hydrogen-bond donors (Lipinski definition) is 1. The van der Waals surface area contributed by atoms with Gasteiger partial charge in [-0.2, -0.15) is 0 Å². The van der Waals surface area contributed by atoms with Gasteiger partial charge in [-0.15, -0.1) is 0 Å². The van der Waals surface area contributed by atoms with Gasteiger partial charge in [-0.3, -0.25) is 10.1 Å². The van der Waals surface area contributed by atoms with Gasteiger partial charge in [0.25, 0.3) is 0 Å². The molecule has 2 aromatic rings. The third kappa shape index (κ3) is 4.94. The smallest absolute Gasteiger partial charge is 0.411 e. The molecular weight excluding hydrogens is 282 g/mol. The van der Waals surface area contributed by atoms with Crippen LogP contribution in [0.25, 0.3) is 0 Å². The summed E-state index contributed by atoms with van der Waals surface area (Å²) in [5.74, 6) is -0.303. The van der Waals surface area contributed by atoms with Gasteiger partial charge in [-0.1, -0.05) is 42.5 Å². The molecule has 0 heterocycles. The first-order valence-corrected chi connectivity index (χ1v) is 6.81. The molecule has 2 aromatic carbocycles. The molecule has 0 radical (unpaired) electrons. The summed E-state index contributed by atoms with van der Waals surface area (Å²) in [4.78, 5) is 22.8. The molecule has 22 heavy (non-hydrogen) atoms. The second kappa shape index (κ2) is 7.83. The highest BCUT2D eigenvalue weighted by Gasteiger charge is 2.05. The molecule has 114 valence electrons. The monoisotopic (exact) mass is 299 g/mol. The predicted octanol–water partition coefficient (Wildman–Crippen LogP) is 3.15. The molecule has 1 amide bonds. The lowest BCUT2D eigenvalue weighted by Crippen LogP contribution is -2.13. The number of amides is 1. The first-order chi connectivity index (χ1) is 10.7. The lowest BCUT2D eigenvalue weighted by molar-refractivity contribution is -0.139. The van der Waals surface area contributed by atoms with Crippen LogP contribution in [0.1, 0.15) is 11.1 Å². The van der Waals surface area contributed by atoms with Gasteiger partial charge in [0.15, 0.2) is 0 Å². The molecule has 0 unspecified atom stereocenters. The number of carbonyl (C=O) groups is 2. The highest BCUT2D eigenvalue weighted by molar-refractivity contribution is 5.84. The first-order valence-electron chi connectivity index (χ1n) is 6.81. The average Bonchev–Trinajstić information content (AvgIpc) is 2.55.